The van der Waals surface area contributed by atoms with Gasteiger partial charge in [0.05, 0.1) is 6.04 Å². The number of hydrogen-bond acceptors (Lipinski definition) is 8. The van der Waals surface area contributed by atoms with E-state index in [0.29, 0.717) is 50.2 Å². The van der Waals surface area contributed by atoms with Gasteiger partial charge in [0, 0.05) is 0 Å². The minimum atomic E-state index is -1.11. The van der Waals surface area contributed by atoms with Gasteiger partial charge in [-0.25, -0.2) is 4.79 Å². The molecule has 1 fully saturated rings. The molecule has 12 heteroatoms. The maximum Gasteiger partial charge on any atom is 0.326 e. The molecule has 1 saturated heterocycles. The third-order valence-corrected chi connectivity index (χ3v) is 6.71. The van der Waals surface area contributed by atoms with Crippen LogP contribution < -0.4 is 27.0 Å². The second kappa shape index (κ2) is 17.0. The molecule has 0 saturated carbocycles. The zero-order valence-electron chi connectivity index (χ0n) is 19.6. The number of thioether (sulfide) groups is 2. The standard InChI is InChI=1S/C21H39N5O5S2/c1-32-12-8-16(20(29)26-17(21(30)31)9-13-33-2)25-19(28)15(6-3-4-10-22)24-18(27)14-7-5-11-23-14/h14-17,23H,3-13,22H2,1-2H3,(H,24,27)(H,25,28)(H,26,29)(H,30,31). The molecule has 0 aliphatic carbocycles. The molecule has 1 aliphatic rings. The summed E-state index contributed by atoms with van der Waals surface area (Å²) in [7, 11) is 0. The molecule has 0 aromatic heterocycles. The normalized spacial score (nSPS) is 18.2. The predicted octanol–water partition coefficient (Wildman–Crippen LogP) is -0.0874. The van der Waals surface area contributed by atoms with Crippen molar-refractivity contribution in [3.8, 4) is 0 Å². The van der Waals surface area contributed by atoms with Crippen LogP contribution >= 0.6 is 23.5 Å². The third-order valence-electron chi connectivity index (χ3n) is 5.43. The Morgan fingerprint density at radius 1 is 0.939 bits per heavy atom. The summed E-state index contributed by atoms with van der Waals surface area (Å²) in [4.78, 5) is 50.0. The van der Waals surface area contributed by atoms with E-state index in [4.69, 9.17) is 5.73 Å². The number of amides is 3. The number of nitrogens with two attached hydrogens (primary N) is 1. The molecular weight excluding hydrogens is 466 g/mol. The fourth-order valence-corrected chi connectivity index (χ4v) is 4.43. The van der Waals surface area contributed by atoms with E-state index in [2.05, 4.69) is 21.3 Å². The summed E-state index contributed by atoms with van der Waals surface area (Å²) in [6, 6.07) is -3.02. The van der Waals surface area contributed by atoms with Crippen molar-refractivity contribution in [3.63, 3.8) is 0 Å². The molecule has 10 nitrogen and oxygen atoms in total. The van der Waals surface area contributed by atoms with Crippen molar-refractivity contribution in [2.75, 3.05) is 37.1 Å². The van der Waals surface area contributed by atoms with Crippen LogP contribution in [0.2, 0.25) is 0 Å². The molecule has 1 rings (SSSR count). The highest BCUT2D eigenvalue weighted by Crippen LogP contribution is 2.09. The average molecular weight is 506 g/mol. The molecule has 1 aliphatic heterocycles. The van der Waals surface area contributed by atoms with E-state index in [1.54, 1.807) is 0 Å². The number of nitrogens with one attached hydrogen (secondary N) is 4. The monoisotopic (exact) mass is 505 g/mol. The largest absolute Gasteiger partial charge is 0.480 e. The van der Waals surface area contributed by atoms with Gasteiger partial charge in [0.1, 0.15) is 18.1 Å². The molecule has 190 valence electrons. The number of rotatable bonds is 17. The summed E-state index contributed by atoms with van der Waals surface area (Å²) in [5.41, 5.74) is 5.57. The smallest absolute Gasteiger partial charge is 0.326 e. The highest BCUT2D eigenvalue weighted by molar-refractivity contribution is 7.98. The number of aliphatic carboxylic acids is 1. The lowest BCUT2D eigenvalue weighted by Gasteiger charge is -2.25. The SMILES string of the molecule is CSCCC(NC(=O)C(CCSC)NC(=O)C(CCCCN)NC(=O)C1CCCN1)C(=O)O. The van der Waals surface area contributed by atoms with E-state index >= 15 is 0 Å². The summed E-state index contributed by atoms with van der Waals surface area (Å²) in [5.74, 6) is -1.12. The average Bonchev–Trinajstić information content (AvgIpc) is 3.33. The Bertz CT molecular complexity index is 634. The number of hydrogen-bond donors (Lipinski definition) is 6. The van der Waals surface area contributed by atoms with Crippen LogP contribution in [0.3, 0.4) is 0 Å². The molecular formula is C21H39N5O5S2. The first-order valence-corrected chi connectivity index (χ1v) is 14.2. The molecule has 1 heterocycles. The van der Waals surface area contributed by atoms with Crippen molar-refractivity contribution >= 4 is 47.2 Å². The molecule has 0 aromatic carbocycles. The van der Waals surface area contributed by atoms with Gasteiger partial charge in [0.2, 0.25) is 17.7 Å². The topological polar surface area (TPSA) is 163 Å². The summed E-state index contributed by atoms with van der Waals surface area (Å²) < 4.78 is 0. The Morgan fingerprint density at radius 3 is 2.03 bits per heavy atom. The molecule has 3 amide bonds. The summed E-state index contributed by atoms with van der Waals surface area (Å²) >= 11 is 3.02. The Labute approximate surface area is 204 Å². The molecule has 0 aromatic rings. The van der Waals surface area contributed by atoms with Crippen molar-refractivity contribution in [2.24, 2.45) is 5.73 Å². The zero-order chi connectivity index (χ0) is 24.6. The molecule has 33 heavy (non-hydrogen) atoms. The van der Waals surface area contributed by atoms with Crippen molar-refractivity contribution in [3.05, 3.63) is 0 Å². The van der Waals surface area contributed by atoms with Crippen molar-refractivity contribution in [2.45, 2.75) is 69.1 Å². The van der Waals surface area contributed by atoms with Gasteiger partial charge in [-0.3, -0.25) is 14.4 Å². The number of carbonyl (C=O) groups excluding carboxylic acids is 3. The first-order valence-electron chi connectivity index (χ1n) is 11.4. The van der Waals surface area contributed by atoms with Gasteiger partial charge >= 0.3 is 5.97 Å². The summed E-state index contributed by atoms with van der Waals surface area (Å²) in [5, 5.41) is 20.7. The maximum absolute atomic E-state index is 13.1. The number of carbonyl (C=O) groups is 4. The molecule has 0 spiro atoms. The third kappa shape index (κ3) is 11.5. The van der Waals surface area contributed by atoms with Crippen LogP contribution in [-0.4, -0.2) is 90.1 Å². The van der Waals surface area contributed by atoms with Gasteiger partial charge in [-0.2, -0.15) is 23.5 Å². The highest BCUT2D eigenvalue weighted by atomic mass is 32.2. The number of carboxylic acid groups (broad SMARTS) is 1. The van der Waals surface area contributed by atoms with E-state index in [0.717, 1.165) is 13.0 Å². The minimum absolute atomic E-state index is 0.228. The highest BCUT2D eigenvalue weighted by Gasteiger charge is 2.31. The quantitative estimate of drug-likeness (QED) is 0.148. The van der Waals surface area contributed by atoms with Gasteiger partial charge in [-0.15, -0.1) is 0 Å². The van der Waals surface area contributed by atoms with Crippen molar-refractivity contribution in [1.82, 2.24) is 21.3 Å². The van der Waals surface area contributed by atoms with Gasteiger partial charge in [0.15, 0.2) is 0 Å². The van der Waals surface area contributed by atoms with Crippen LogP contribution in [0.4, 0.5) is 0 Å². The first kappa shape index (κ1) is 29.5. The van der Waals surface area contributed by atoms with E-state index in [9.17, 15) is 24.3 Å². The Morgan fingerprint density at radius 2 is 1.52 bits per heavy atom. The van der Waals surface area contributed by atoms with Gasteiger partial charge in [-0.1, -0.05) is 0 Å². The fourth-order valence-electron chi connectivity index (χ4n) is 3.48. The van der Waals surface area contributed by atoms with E-state index < -0.39 is 35.9 Å². The second-order valence-electron chi connectivity index (χ2n) is 8.02. The molecule has 0 radical (unpaired) electrons. The predicted molar refractivity (Wildman–Crippen MR) is 133 cm³/mol. The van der Waals surface area contributed by atoms with Crippen LogP contribution in [0.15, 0.2) is 0 Å². The lowest BCUT2D eigenvalue weighted by atomic mass is 10.1. The van der Waals surface area contributed by atoms with Crippen molar-refractivity contribution < 1.29 is 24.3 Å². The molecule has 4 unspecified atom stereocenters. The van der Waals surface area contributed by atoms with Crippen LogP contribution in [0, 0.1) is 0 Å². The van der Waals surface area contributed by atoms with Crippen LogP contribution in [0.5, 0.6) is 0 Å². The van der Waals surface area contributed by atoms with Gasteiger partial charge in [0.25, 0.3) is 0 Å². The maximum atomic E-state index is 13.1. The summed E-state index contributed by atoms with van der Waals surface area (Å²) in [6.45, 7) is 1.25. The lowest BCUT2D eigenvalue weighted by Crippen LogP contribution is -2.57. The molecule has 7 N–H and O–H groups in total. The van der Waals surface area contributed by atoms with Gasteiger partial charge < -0.3 is 32.1 Å². The van der Waals surface area contributed by atoms with Crippen LogP contribution in [0.1, 0.15) is 44.9 Å². The van der Waals surface area contributed by atoms with Crippen LogP contribution in [0.25, 0.3) is 0 Å². The minimum Gasteiger partial charge on any atom is -0.480 e. The zero-order valence-corrected chi connectivity index (χ0v) is 21.2. The first-order chi connectivity index (χ1) is 15.8. The number of carboxylic acids is 1. The van der Waals surface area contributed by atoms with E-state index in [1.807, 2.05) is 12.5 Å². The number of unbranched alkanes of at least 4 members (excludes halogenated alkanes) is 1. The lowest BCUT2D eigenvalue weighted by molar-refractivity contribution is -0.142. The fraction of sp³-hybridized carbons (Fsp3) is 0.810. The Balaban J connectivity index is 2.86. The summed E-state index contributed by atoms with van der Waals surface area (Å²) in [6.07, 6.45) is 7.79. The Kier molecular flexibility index (Phi) is 15.2. The molecule has 0 bridgehead atoms. The Hall–Kier alpha value is -1.50. The van der Waals surface area contributed by atoms with Crippen molar-refractivity contribution in [1.29, 1.82) is 0 Å². The van der Waals surface area contributed by atoms with E-state index in [-0.39, 0.29) is 18.4 Å². The molecule has 4 atom stereocenters. The second-order valence-corrected chi connectivity index (χ2v) is 9.99. The van der Waals surface area contributed by atoms with Crippen LogP contribution in [-0.2, 0) is 19.2 Å². The van der Waals surface area contributed by atoms with Gasteiger partial charge in [-0.05, 0) is 82.1 Å². The van der Waals surface area contributed by atoms with E-state index in [1.165, 1.54) is 23.5 Å².